The number of carbonyl (C=O) groups is 1. The van der Waals surface area contributed by atoms with Crippen molar-refractivity contribution in [3.63, 3.8) is 0 Å². The number of ether oxygens (including phenoxy) is 1. The van der Waals surface area contributed by atoms with E-state index in [4.69, 9.17) is 9.72 Å². The van der Waals surface area contributed by atoms with Crippen LogP contribution in [0.15, 0.2) is 47.6 Å². The third-order valence-corrected chi connectivity index (χ3v) is 13.2. The number of hydrogen-bond acceptors (Lipinski definition) is 9. The molecule has 2 aliphatic heterocycles. The van der Waals surface area contributed by atoms with Crippen LogP contribution in [0.1, 0.15) is 96.3 Å². The number of rotatable bonds is 6. The van der Waals surface area contributed by atoms with Gasteiger partial charge >= 0.3 is 0 Å². The molecule has 3 aromatic heterocycles. The Bertz CT molecular complexity index is 1870. The lowest BCUT2D eigenvalue weighted by molar-refractivity contribution is 0.0981. The first-order valence-corrected chi connectivity index (χ1v) is 19.4. The summed E-state index contributed by atoms with van der Waals surface area (Å²) in [5.41, 5.74) is 1.29. The van der Waals surface area contributed by atoms with Crippen LogP contribution in [0, 0.1) is 34.0 Å². The molecule has 3 aliphatic carbocycles. The summed E-state index contributed by atoms with van der Waals surface area (Å²) < 4.78 is 37.0. The van der Waals surface area contributed by atoms with Crippen LogP contribution >= 0.6 is 0 Å². The normalized spacial score (nSPS) is 25.9. The summed E-state index contributed by atoms with van der Waals surface area (Å²) in [6.45, 7) is 13.1. The van der Waals surface area contributed by atoms with Crippen LogP contribution in [0.2, 0.25) is 0 Å². The molecular formula is C37H49N7O4S. The van der Waals surface area contributed by atoms with E-state index in [0.717, 1.165) is 31.6 Å². The minimum Gasteiger partial charge on any atom is -0.477 e. The summed E-state index contributed by atoms with van der Waals surface area (Å²) in [6.07, 6.45) is 11.4. The standard InChI is InChI=1S/C37H49N7O4S/c1-34(2,3)20-24-19-25-21-35(4,5)43(23-25)32-26(33(45)42-49(46,47)31-8-6-7-28(39-31)38-22-24)9-10-29(40-32)44-17-11-30(41-44)48-18-12-27-36(13-14-36)37(27)15-16-37/h6-11,17,24-25,27H,12-16,18-23H2,1-5H3,(H,38,39)(H,42,45)/t24?,25-/m0/s1. The van der Waals surface area contributed by atoms with E-state index in [9.17, 15) is 13.2 Å². The summed E-state index contributed by atoms with van der Waals surface area (Å²) in [5, 5.41) is 7.87. The van der Waals surface area contributed by atoms with Crippen LogP contribution in [-0.4, -0.2) is 59.3 Å². The van der Waals surface area contributed by atoms with Crippen LogP contribution in [0.5, 0.6) is 5.88 Å². The summed E-state index contributed by atoms with van der Waals surface area (Å²) in [6, 6.07) is 10.0. The first-order valence-electron chi connectivity index (χ1n) is 17.9. The quantitative estimate of drug-likeness (QED) is 0.310. The van der Waals surface area contributed by atoms with Crippen LogP contribution in [0.25, 0.3) is 5.82 Å². The van der Waals surface area contributed by atoms with Gasteiger partial charge in [0.2, 0.25) is 5.88 Å². The highest BCUT2D eigenvalue weighted by molar-refractivity contribution is 7.90. The minimum absolute atomic E-state index is 0.115. The molecule has 4 fully saturated rings. The molecule has 12 heteroatoms. The predicted octanol–water partition coefficient (Wildman–Crippen LogP) is 6.21. The number of aromatic nitrogens is 4. The highest BCUT2D eigenvalue weighted by Gasteiger charge is 2.85. The van der Waals surface area contributed by atoms with Crippen molar-refractivity contribution in [2.24, 2.45) is 34.0 Å². The second-order valence-corrected chi connectivity index (χ2v) is 18.8. The van der Waals surface area contributed by atoms with E-state index in [0.29, 0.717) is 65.7 Å². The Balaban J connectivity index is 1.09. The highest BCUT2D eigenvalue weighted by Crippen LogP contribution is 2.93. The summed E-state index contributed by atoms with van der Waals surface area (Å²) >= 11 is 0. The maximum Gasteiger partial charge on any atom is 0.281 e. The highest BCUT2D eigenvalue weighted by atomic mass is 32.2. The van der Waals surface area contributed by atoms with Crippen molar-refractivity contribution in [2.75, 3.05) is 29.9 Å². The Labute approximate surface area is 289 Å². The van der Waals surface area contributed by atoms with Gasteiger partial charge in [-0.05, 0) is 123 Å². The number of carbonyl (C=O) groups excluding carboxylic acids is 1. The fourth-order valence-electron chi connectivity index (χ4n) is 9.73. The van der Waals surface area contributed by atoms with Gasteiger partial charge in [0.05, 0.1) is 12.2 Å². The molecule has 2 spiro atoms. The van der Waals surface area contributed by atoms with Gasteiger partial charge < -0.3 is 15.0 Å². The number of fused-ring (bicyclic) bond motifs is 7. The Morgan fingerprint density at radius 1 is 1.02 bits per heavy atom. The molecule has 3 saturated carbocycles. The molecule has 2 N–H and O–H groups in total. The molecule has 2 atom stereocenters. The second kappa shape index (κ2) is 11.2. The van der Waals surface area contributed by atoms with Crippen LogP contribution in [0.4, 0.5) is 11.6 Å². The molecule has 3 aromatic rings. The molecule has 8 rings (SSSR count). The number of hydrogen-bond donors (Lipinski definition) is 2. The molecule has 1 unspecified atom stereocenters. The smallest absolute Gasteiger partial charge is 0.281 e. The number of nitrogens with zero attached hydrogens (tertiary/aromatic N) is 5. The SMILES string of the molecule is CC(C)(C)CC1CNc2cccc(n2)S(=O)(=O)NC(=O)c2ccc(-n3ccc(OCCC4C5(CC5)C45CC5)n3)nc2N2C[C@@H](C1)CC2(C)C. The number of pyridine rings is 2. The van der Waals surface area contributed by atoms with Gasteiger partial charge in [0, 0.05) is 30.9 Å². The summed E-state index contributed by atoms with van der Waals surface area (Å²) in [5.74, 6) is 2.74. The van der Waals surface area contributed by atoms with Gasteiger partial charge in [-0.25, -0.2) is 19.4 Å². The molecule has 1 amide bonds. The van der Waals surface area contributed by atoms with Gasteiger partial charge in [0.1, 0.15) is 11.6 Å². The van der Waals surface area contributed by atoms with E-state index in [1.54, 1.807) is 28.9 Å². The predicted molar refractivity (Wildman–Crippen MR) is 187 cm³/mol. The van der Waals surface area contributed by atoms with E-state index in [1.807, 2.05) is 12.3 Å². The molecule has 0 radical (unpaired) electrons. The number of anilines is 2. The monoisotopic (exact) mass is 687 g/mol. The van der Waals surface area contributed by atoms with Crippen molar-refractivity contribution < 1.29 is 17.9 Å². The maximum atomic E-state index is 13.8. The average Bonchev–Trinajstić information content (AvgIpc) is 3.98. The Morgan fingerprint density at radius 3 is 2.49 bits per heavy atom. The minimum atomic E-state index is -4.26. The van der Waals surface area contributed by atoms with Gasteiger partial charge in [0.15, 0.2) is 10.8 Å². The summed E-state index contributed by atoms with van der Waals surface area (Å²) in [4.78, 5) is 25.4. The van der Waals surface area contributed by atoms with Gasteiger partial charge in [-0.1, -0.05) is 26.8 Å². The lowest BCUT2D eigenvalue weighted by Crippen LogP contribution is -2.41. The largest absolute Gasteiger partial charge is 0.477 e. The fourth-order valence-corrected chi connectivity index (χ4v) is 10.7. The molecule has 262 valence electrons. The van der Waals surface area contributed by atoms with E-state index >= 15 is 0 Å². The van der Waals surface area contributed by atoms with Crippen molar-refractivity contribution in [1.82, 2.24) is 24.5 Å². The Kier molecular flexibility index (Phi) is 7.41. The fraction of sp³-hybridized carbons (Fsp3) is 0.622. The van der Waals surface area contributed by atoms with Crippen molar-refractivity contribution in [3.8, 4) is 11.7 Å². The maximum absolute atomic E-state index is 13.8. The zero-order valence-corrected chi connectivity index (χ0v) is 30.1. The molecule has 4 bridgehead atoms. The van der Waals surface area contributed by atoms with Crippen molar-refractivity contribution >= 4 is 27.6 Å². The molecule has 5 heterocycles. The number of nitrogens with one attached hydrogen (secondary N) is 2. The van der Waals surface area contributed by atoms with Crippen LogP contribution in [-0.2, 0) is 10.0 Å². The molecule has 1 saturated heterocycles. The van der Waals surface area contributed by atoms with Crippen LogP contribution in [0.3, 0.4) is 0 Å². The number of amides is 1. The lowest BCUT2D eigenvalue weighted by Gasteiger charge is -2.34. The zero-order chi connectivity index (χ0) is 34.4. The Morgan fingerprint density at radius 2 is 1.78 bits per heavy atom. The Hall–Kier alpha value is -3.67. The average molecular weight is 688 g/mol. The van der Waals surface area contributed by atoms with Crippen molar-refractivity contribution in [3.05, 3.63) is 48.2 Å². The van der Waals surface area contributed by atoms with Crippen molar-refractivity contribution in [1.29, 1.82) is 0 Å². The molecule has 11 nitrogen and oxygen atoms in total. The van der Waals surface area contributed by atoms with Crippen molar-refractivity contribution in [2.45, 2.75) is 96.6 Å². The first-order chi connectivity index (χ1) is 23.2. The van der Waals surface area contributed by atoms with Gasteiger partial charge in [-0.15, -0.1) is 5.10 Å². The molecule has 49 heavy (non-hydrogen) atoms. The third-order valence-electron chi connectivity index (χ3n) is 12.0. The second-order valence-electron chi connectivity index (χ2n) is 17.2. The van der Waals surface area contributed by atoms with Gasteiger partial charge in [0.25, 0.3) is 15.9 Å². The zero-order valence-electron chi connectivity index (χ0n) is 29.3. The van der Waals surface area contributed by atoms with E-state index < -0.39 is 15.9 Å². The third kappa shape index (κ3) is 5.97. The lowest BCUT2D eigenvalue weighted by atomic mass is 9.79. The van der Waals surface area contributed by atoms with Gasteiger partial charge in [-0.3, -0.25) is 4.79 Å². The molecular weight excluding hydrogens is 639 g/mol. The number of sulfonamides is 1. The van der Waals surface area contributed by atoms with Crippen LogP contribution < -0.4 is 19.7 Å². The molecule has 5 aliphatic rings. The van der Waals surface area contributed by atoms with E-state index in [1.165, 1.54) is 31.7 Å². The summed E-state index contributed by atoms with van der Waals surface area (Å²) in [7, 11) is -4.26. The topological polar surface area (TPSA) is 131 Å². The first kappa shape index (κ1) is 32.5. The van der Waals surface area contributed by atoms with E-state index in [2.05, 4.69) is 59.6 Å². The molecule has 0 aromatic carbocycles. The van der Waals surface area contributed by atoms with Gasteiger partial charge in [-0.2, -0.15) is 8.42 Å². The van der Waals surface area contributed by atoms with E-state index in [-0.39, 0.29) is 21.5 Å².